The number of carboxylic acids is 1. The molecule has 0 fully saturated rings. The van der Waals surface area contributed by atoms with Crippen LogP contribution in [-0.4, -0.2) is 30.7 Å². The van der Waals surface area contributed by atoms with Gasteiger partial charge in [0.25, 0.3) is 0 Å². The van der Waals surface area contributed by atoms with Gasteiger partial charge in [-0.2, -0.15) is 0 Å². The fourth-order valence-electron chi connectivity index (χ4n) is 2.25. The summed E-state index contributed by atoms with van der Waals surface area (Å²) in [6.45, 7) is 0.405. The van der Waals surface area contributed by atoms with Gasteiger partial charge in [0.15, 0.2) is 0 Å². The number of hydrogen-bond donors (Lipinski definition) is 2. The summed E-state index contributed by atoms with van der Waals surface area (Å²) in [4.78, 5) is 23.9. The van der Waals surface area contributed by atoms with Gasteiger partial charge < -0.3 is 19.9 Å². The summed E-state index contributed by atoms with van der Waals surface area (Å²) in [6, 6.07) is 10.4. The third-order valence-corrected chi connectivity index (χ3v) is 4.46. The van der Waals surface area contributed by atoms with Crippen LogP contribution < -0.4 is 14.8 Å². The summed E-state index contributed by atoms with van der Waals surface area (Å²) in [5.41, 5.74) is 0. The Balaban J connectivity index is 1.74. The number of rotatable bonds is 10. The van der Waals surface area contributed by atoms with E-state index in [1.54, 1.807) is 31.4 Å². The third-order valence-electron chi connectivity index (χ3n) is 3.48. The second kappa shape index (κ2) is 9.68. The average Bonchev–Trinajstić information content (AvgIpc) is 3.13. The van der Waals surface area contributed by atoms with Crippen LogP contribution in [0.5, 0.6) is 11.5 Å². The normalized spacial score (nSPS) is 11.6. The third kappa shape index (κ3) is 6.46. The lowest BCUT2D eigenvalue weighted by atomic mass is 10.1. The summed E-state index contributed by atoms with van der Waals surface area (Å²) < 4.78 is 10.6. The molecule has 0 aliphatic carbocycles. The van der Waals surface area contributed by atoms with E-state index in [1.165, 1.54) is 11.3 Å². The molecule has 0 spiro atoms. The highest BCUT2D eigenvalue weighted by molar-refractivity contribution is 7.10. The maximum Gasteiger partial charge on any atom is 0.305 e. The molecule has 2 aromatic rings. The molecule has 0 saturated heterocycles. The Kier molecular flexibility index (Phi) is 7.28. The minimum atomic E-state index is -0.943. The molecule has 6 nitrogen and oxygen atoms in total. The predicted octanol–water partition coefficient (Wildman–Crippen LogP) is 3.25. The van der Waals surface area contributed by atoms with Gasteiger partial charge in [-0.25, -0.2) is 0 Å². The molecule has 0 bridgehead atoms. The van der Waals surface area contributed by atoms with E-state index in [0.717, 1.165) is 10.6 Å². The highest BCUT2D eigenvalue weighted by Crippen LogP contribution is 2.22. The first-order valence-electron chi connectivity index (χ1n) is 7.90. The Morgan fingerprint density at radius 3 is 2.52 bits per heavy atom. The van der Waals surface area contributed by atoms with Crippen molar-refractivity contribution < 1.29 is 24.2 Å². The standard InChI is InChI=1S/C18H21NO5S/c1-23-13-6-8-14(9-7-13)24-10-2-5-17(20)19-15(12-18(21)22)16-4-3-11-25-16/h3-4,6-9,11,15H,2,5,10,12H2,1H3,(H,19,20)(H,21,22). The maximum atomic E-state index is 12.1. The molecule has 2 N–H and O–H groups in total. The van der Waals surface area contributed by atoms with Gasteiger partial charge in [-0.05, 0) is 42.1 Å². The second-order valence-electron chi connectivity index (χ2n) is 5.36. The predicted molar refractivity (Wildman–Crippen MR) is 95.2 cm³/mol. The molecular weight excluding hydrogens is 342 g/mol. The van der Waals surface area contributed by atoms with E-state index in [0.29, 0.717) is 18.8 Å². The fourth-order valence-corrected chi connectivity index (χ4v) is 3.03. The van der Waals surface area contributed by atoms with Crippen molar-refractivity contribution in [1.29, 1.82) is 0 Å². The number of amides is 1. The quantitative estimate of drug-likeness (QED) is 0.633. The molecule has 7 heteroatoms. The summed E-state index contributed by atoms with van der Waals surface area (Å²) >= 11 is 1.43. The lowest BCUT2D eigenvalue weighted by Crippen LogP contribution is -2.29. The number of hydrogen-bond acceptors (Lipinski definition) is 5. The molecule has 1 atom stereocenters. The number of carboxylic acid groups (broad SMARTS) is 1. The van der Waals surface area contributed by atoms with E-state index in [9.17, 15) is 9.59 Å². The first-order valence-corrected chi connectivity index (χ1v) is 8.78. The van der Waals surface area contributed by atoms with Crippen LogP contribution in [0.2, 0.25) is 0 Å². The van der Waals surface area contributed by atoms with E-state index in [1.807, 2.05) is 17.5 Å². The van der Waals surface area contributed by atoms with E-state index in [4.69, 9.17) is 14.6 Å². The highest BCUT2D eigenvalue weighted by Gasteiger charge is 2.18. The van der Waals surface area contributed by atoms with Crippen molar-refractivity contribution in [2.45, 2.75) is 25.3 Å². The van der Waals surface area contributed by atoms with Gasteiger partial charge in [-0.15, -0.1) is 11.3 Å². The lowest BCUT2D eigenvalue weighted by molar-refractivity contribution is -0.137. The minimum absolute atomic E-state index is 0.130. The van der Waals surface area contributed by atoms with Crippen molar-refractivity contribution in [3.63, 3.8) is 0 Å². The first-order chi connectivity index (χ1) is 12.1. The van der Waals surface area contributed by atoms with Crippen LogP contribution >= 0.6 is 11.3 Å². The summed E-state index contributed by atoms with van der Waals surface area (Å²) in [7, 11) is 1.60. The molecule has 134 valence electrons. The molecule has 0 aliphatic heterocycles. The topological polar surface area (TPSA) is 84.9 Å². The van der Waals surface area contributed by atoms with Crippen LogP contribution in [0.3, 0.4) is 0 Å². The van der Waals surface area contributed by atoms with Crippen molar-refractivity contribution in [1.82, 2.24) is 5.32 Å². The van der Waals surface area contributed by atoms with Gasteiger partial charge in [-0.1, -0.05) is 6.07 Å². The highest BCUT2D eigenvalue weighted by atomic mass is 32.1. The molecule has 1 heterocycles. The minimum Gasteiger partial charge on any atom is -0.497 e. The van der Waals surface area contributed by atoms with E-state index >= 15 is 0 Å². The van der Waals surface area contributed by atoms with Crippen molar-refractivity contribution >= 4 is 23.2 Å². The molecular formula is C18H21NO5S. The Hall–Kier alpha value is -2.54. The van der Waals surface area contributed by atoms with Crippen molar-refractivity contribution in [3.05, 3.63) is 46.7 Å². The van der Waals surface area contributed by atoms with Gasteiger partial charge in [-0.3, -0.25) is 9.59 Å². The summed E-state index contributed by atoms with van der Waals surface area (Å²) in [6.07, 6.45) is 0.689. The number of nitrogens with one attached hydrogen (secondary N) is 1. The fraction of sp³-hybridized carbons (Fsp3) is 0.333. The Bertz CT molecular complexity index is 669. The van der Waals surface area contributed by atoms with Crippen LogP contribution in [0, 0.1) is 0 Å². The molecule has 1 unspecified atom stereocenters. The Labute approximate surface area is 150 Å². The number of benzene rings is 1. The van der Waals surface area contributed by atoms with Crippen LogP contribution in [0.25, 0.3) is 0 Å². The largest absolute Gasteiger partial charge is 0.497 e. The molecule has 0 aliphatic rings. The molecule has 1 aromatic heterocycles. The number of aliphatic carboxylic acids is 1. The molecule has 1 amide bonds. The second-order valence-corrected chi connectivity index (χ2v) is 6.34. The van der Waals surface area contributed by atoms with Crippen LogP contribution in [0.1, 0.15) is 30.2 Å². The number of carbonyl (C=O) groups excluding carboxylic acids is 1. The molecule has 2 rings (SSSR count). The summed E-state index contributed by atoms with van der Waals surface area (Å²) in [5.74, 6) is 0.341. The van der Waals surface area contributed by atoms with Crippen molar-refractivity contribution in [3.8, 4) is 11.5 Å². The van der Waals surface area contributed by atoms with Crippen LogP contribution in [0.4, 0.5) is 0 Å². The zero-order valence-corrected chi connectivity index (χ0v) is 14.8. The number of thiophene rings is 1. The van der Waals surface area contributed by atoms with Crippen molar-refractivity contribution in [2.75, 3.05) is 13.7 Å². The molecule has 0 radical (unpaired) electrons. The zero-order chi connectivity index (χ0) is 18.1. The van der Waals surface area contributed by atoms with Gasteiger partial charge >= 0.3 is 5.97 Å². The molecule has 0 saturated carbocycles. The van der Waals surface area contributed by atoms with E-state index < -0.39 is 12.0 Å². The maximum absolute atomic E-state index is 12.1. The summed E-state index contributed by atoms with van der Waals surface area (Å²) in [5, 5.41) is 13.6. The first kappa shape index (κ1) is 18.8. The van der Waals surface area contributed by atoms with Gasteiger partial charge in [0.1, 0.15) is 11.5 Å². The number of methoxy groups -OCH3 is 1. The zero-order valence-electron chi connectivity index (χ0n) is 13.9. The number of carbonyl (C=O) groups is 2. The van der Waals surface area contributed by atoms with Crippen molar-refractivity contribution in [2.24, 2.45) is 0 Å². The monoisotopic (exact) mass is 363 g/mol. The van der Waals surface area contributed by atoms with Crippen LogP contribution in [0.15, 0.2) is 41.8 Å². The lowest BCUT2D eigenvalue weighted by Gasteiger charge is -2.15. The Morgan fingerprint density at radius 2 is 1.92 bits per heavy atom. The van der Waals surface area contributed by atoms with Gasteiger partial charge in [0.2, 0.25) is 5.91 Å². The SMILES string of the molecule is COc1ccc(OCCCC(=O)NC(CC(=O)O)c2cccs2)cc1. The number of ether oxygens (including phenoxy) is 2. The molecule has 25 heavy (non-hydrogen) atoms. The van der Waals surface area contributed by atoms with E-state index in [2.05, 4.69) is 5.32 Å². The Morgan fingerprint density at radius 1 is 1.20 bits per heavy atom. The van der Waals surface area contributed by atoms with Crippen LogP contribution in [-0.2, 0) is 9.59 Å². The van der Waals surface area contributed by atoms with E-state index in [-0.39, 0.29) is 18.7 Å². The molecule has 1 aromatic carbocycles. The average molecular weight is 363 g/mol. The smallest absolute Gasteiger partial charge is 0.305 e. The van der Waals surface area contributed by atoms with Gasteiger partial charge in [0, 0.05) is 11.3 Å². The van der Waals surface area contributed by atoms with Gasteiger partial charge in [0.05, 0.1) is 26.2 Å².